The SMILES string of the molecule is COC(=O)C1=C(C(=O)OC)C2(C)C(C)=C(C)C1(C)C2C. The third-order valence-electron chi connectivity index (χ3n) is 5.92. The van der Waals surface area contributed by atoms with E-state index in [-0.39, 0.29) is 5.92 Å². The van der Waals surface area contributed by atoms with Crippen molar-refractivity contribution >= 4 is 11.9 Å². The van der Waals surface area contributed by atoms with Crippen LogP contribution in [0.15, 0.2) is 22.3 Å². The van der Waals surface area contributed by atoms with E-state index in [2.05, 4.69) is 6.92 Å². The van der Waals surface area contributed by atoms with Gasteiger partial charge in [0.05, 0.1) is 25.4 Å². The predicted molar refractivity (Wildman–Crippen MR) is 74.8 cm³/mol. The number of carbonyl (C=O) groups excluding carboxylic acids is 2. The summed E-state index contributed by atoms with van der Waals surface area (Å²) in [5, 5.41) is 0. The standard InChI is InChI=1S/C16H22O4/c1-8-9(2)16(5)10(3)15(8,4)11(13(17)19-6)12(16)14(18)20-7/h10H,1-7H3. The lowest BCUT2D eigenvalue weighted by Crippen LogP contribution is -2.28. The fraction of sp³-hybridized carbons (Fsp3) is 0.625. The van der Waals surface area contributed by atoms with Crippen LogP contribution < -0.4 is 0 Å². The quantitative estimate of drug-likeness (QED) is 0.575. The molecule has 0 spiro atoms. The Bertz CT molecular complexity index is 521. The molecule has 0 aromatic carbocycles. The number of carbonyl (C=O) groups is 2. The van der Waals surface area contributed by atoms with E-state index in [0.29, 0.717) is 11.1 Å². The monoisotopic (exact) mass is 278 g/mol. The molecule has 0 aromatic heterocycles. The lowest BCUT2D eigenvalue weighted by molar-refractivity contribution is -0.140. The predicted octanol–water partition coefficient (Wildman–Crippen LogP) is 2.64. The first-order chi connectivity index (χ1) is 9.18. The van der Waals surface area contributed by atoms with Crippen molar-refractivity contribution in [2.24, 2.45) is 16.7 Å². The van der Waals surface area contributed by atoms with E-state index >= 15 is 0 Å². The number of esters is 2. The molecule has 4 nitrogen and oxygen atoms in total. The number of hydrogen-bond acceptors (Lipinski definition) is 4. The number of fused-ring (bicyclic) bond motifs is 2. The topological polar surface area (TPSA) is 52.6 Å². The molecule has 2 rings (SSSR count). The third-order valence-corrected chi connectivity index (χ3v) is 5.92. The van der Waals surface area contributed by atoms with Gasteiger partial charge in [0.25, 0.3) is 0 Å². The second-order valence-corrected chi connectivity index (χ2v) is 6.11. The molecule has 0 aliphatic heterocycles. The molecule has 2 unspecified atom stereocenters. The Balaban J connectivity index is 2.81. The Morgan fingerprint density at radius 3 is 1.45 bits per heavy atom. The zero-order valence-electron chi connectivity index (χ0n) is 13.2. The summed E-state index contributed by atoms with van der Waals surface area (Å²) in [4.78, 5) is 24.5. The highest BCUT2D eigenvalue weighted by Gasteiger charge is 2.65. The maximum absolute atomic E-state index is 12.3. The van der Waals surface area contributed by atoms with E-state index < -0.39 is 22.8 Å². The Morgan fingerprint density at radius 1 is 0.900 bits per heavy atom. The summed E-state index contributed by atoms with van der Waals surface area (Å²) in [5.74, 6) is -0.746. The van der Waals surface area contributed by atoms with Gasteiger partial charge in [-0.25, -0.2) is 9.59 Å². The van der Waals surface area contributed by atoms with Crippen LogP contribution in [0, 0.1) is 16.7 Å². The summed E-state index contributed by atoms with van der Waals surface area (Å²) in [6.45, 7) is 10.2. The van der Waals surface area contributed by atoms with Crippen LogP contribution in [-0.2, 0) is 19.1 Å². The van der Waals surface area contributed by atoms with Gasteiger partial charge in [-0.1, -0.05) is 31.9 Å². The molecule has 0 N–H and O–H groups in total. The summed E-state index contributed by atoms with van der Waals surface area (Å²) in [6.07, 6.45) is 0. The average molecular weight is 278 g/mol. The van der Waals surface area contributed by atoms with Crippen LogP contribution in [0.5, 0.6) is 0 Å². The Morgan fingerprint density at radius 2 is 1.20 bits per heavy atom. The number of methoxy groups -OCH3 is 2. The molecule has 2 bridgehead atoms. The summed E-state index contributed by atoms with van der Waals surface area (Å²) in [6, 6.07) is 0. The van der Waals surface area contributed by atoms with Crippen LogP contribution in [0.4, 0.5) is 0 Å². The molecular weight excluding hydrogens is 256 g/mol. The highest BCUT2D eigenvalue weighted by molar-refractivity contribution is 6.05. The Labute approximate surface area is 119 Å². The normalized spacial score (nSPS) is 35.6. The molecule has 20 heavy (non-hydrogen) atoms. The fourth-order valence-electron chi connectivity index (χ4n) is 4.17. The van der Waals surface area contributed by atoms with Gasteiger partial charge >= 0.3 is 11.9 Å². The minimum Gasteiger partial charge on any atom is -0.466 e. The number of allylic oxidation sites excluding steroid dienone is 2. The summed E-state index contributed by atoms with van der Waals surface area (Å²) in [7, 11) is 2.69. The van der Waals surface area contributed by atoms with Crippen molar-refractivity contribution in [3.63, 3.8) is 0 Å². The molecule has 0 radical (unpaired) electrons. The molecule has 0 aromatic rings. The number of rotatable bonds is 2. The second kappa shape index (κ2) is 4.21. The molecule has 4 heteroatoms. The van der Waals surface area contributed by atoms with Crippen molar-refractivity contribution in [3.05, 3.63) is 22.3 Å². The first kappa shape index (κ1) is 14.8. The highest BCUT2D eigenvalue weighted by Crippen LogP contribution is 2.69. The van der Waals surface area contributed by atoms with Gasteiger partial charge in [-0.15, -0.1) is 0 Å². The minimum atomic E-state index is -0.463. The first-order valence-electron chi connectivity index (χ1n) is 6.79. The van der Waals surface area contributed by atoms with Gasteiger partial charge in [0, 0.05) is 10.8 Å². The molecule has 2 aliphatic carbocycles. The van der Waals surface area contributed by atoms with Crippen LogP contribution in [0.3, 0.4) is 0 Å². The largest absolute Gasteiger partial charge is 0.466 e. The van der Waals surface area contributed by atoms with Crippen LogP contribution in [0.1, 0.15) is 34.6 Å². The minimum absolute atomic E-state index is 0.123. The fourth-order valence-corrected chi connectivity index (χ4v) is 4.17. The highest BCUT2D eigenvalue weighted by atomic mass is 16.5. The van der Waals surface area contributed by atoms with Crippen molar-refractivity contribution < 1.29 is 19.1 Å². The zero-order chi connectivity index (χ0) is 15.5. The van der Waals surface area contributed by atoms with Gasteiger partial charge in [-0.05, 0) is 19.8 Å². The molecule has 0 fully saturated rings. The average Bonchev–Trinajstić information content (AvgIpc) is 2.70. The number of ether oxygens (including phenoxy) is 2. The van der Waals surface area contributed by atoms with E-state index in [0.717, 1.165) is 11.1 Å². The molecule has 0 heterocycles. The van der Waals surface area contributed by atoms with E-state index in [1.54, 1.807) is 0 Å². The lowest BCUT2D eigenvalue weighted by Gasteiger charge is -2.30. The van der Waals surface area contributed by atoms with Crippen molar-refractivity contribution in [2.45, 2.75) is 34.6 Å². The summed E-state index contributed by atoms with van der Waals surface area (Å²) >= 11 is 0. The number of hydrogen-bond donors (Lipinski definition) is 0. The molecule has 110 valence electrons. The maximum Gasteiger partial charge on any atom is 0.335 e. The molecule has 2 atom stereocenters. The maximum atomic E-state index is 12.3. The molecule has 0 saturated carbocycles. The molecule has 0 saturated heterocycles. The summed E-state index contributed by atoms with van der Waals surface area (Å²) < 4.78 is 9.85. The van der Waals surface area contributed by atoms with Crippen LogP contribution in [0.25, 0.3) is 0 Å². The molecular formula is C16H22O4. The van der Waals surface area contributed by atoms with Crippen molar-refractivity contribution in [3.8, 4) is 0 Å². The zero-order valence-corrected chi connectivity index (χ0v) is 13.2. The van der Waals surface area contributed by atoms with Crippen molar-refractivity contribution in [1.29, 1.82) is 0 Å². The van der Waals surface area contributed by atoms with Gasteiger partial charge in [0.2, 0.25) is 0 Å². The molecule has 0 amide bonds. The van der Waals surface area contributed by atoms with Crippen LogP contribution >= 0.6 is 0 Å². The third kappa shape index (κ3) is 1.32. The van der Waals surface area contributed by atoms with Crippen molar-refractivity contribution in [1.82, 2.24) is 0 Å². The molecule has 2 aliphatic rings. The Kier molecular flexibility index (Phi) is 3.12. The smallest absolute Gasteiger partial charge is 0.335 e. The first-order valence-corrected chi connectivity index (χ1v) is 6.79. The second-order valence-electron chi connectivity index (χ2n) is 6.11. The van der Waals surface area contributed by atoms with Gasteiger partial charge in [-0.3, -0.25) is 0 Å². The van der Waals surface area contributed by atoms with E-state index in [1.807, 2.05) is 27.7 Å². The van der Waals surface area contributed by atoms with Gasteiger partial charge in [0.15, 0.2) is 0 Å². The van der Waals surface area contributed by atoms with Gasteiger partial charge in [-0.2, -0.15) is 0 Å². The van der Waals surface area contributed by atoms with E-state index in [9.17, 15) is 9.59 Å². The van der Waals surface area contributed by atoms with E-state index in [1.165, 1.54) is 14.2 Å². The van der Waals surface area contributed by atoms with Crippen LogP contribution in [-0.4, -0.2) is 26.2 Å². The summed E-state index contributed by atoms with van der Waals surface area (Å²) in [5.41, 5.74) is 2.31. The lowest BCUT2D eigenvalue weighted by atomic mass is 9.72. The van der Waals surface area contributed by atoms with E-state index in [4.69, 9.17) is 9.47 Å². The van der Waals surface area contributed by atoms with Gasteiger partial charge in [0.1, 0.15) is 0 Å². The van der Waals surface area contributed by atoms with Crippen molar-refractivity contribution in [2.75, 3.05) is 14.2 Å². The van der Waals surface area contributed by atoms with Gasteiger partial charge < -0.3 is 9.47 Å². The Hall–Kier alpha value is -1.58. The van der Waals surface area contributed by atoms with Crippen LogP contribution in [0.2, 0.25) is 0 Å².